The Balaban J connectivity index is 2.39. The first-order chi connectivity index (χ1) is 16.4. The van der Waals surface area contributed by atoms with Gasteiger partial charge in [-0.25, -0.2) is 0 Å². The number of aliphatic hydroxyl groups is 1. The second-order valence-electron chi connectivity index (χ2n) is 7.84. The molecule has 0 aliphatic heterocycles. The minimum Gasteiger partial charge on any atom is -0.381 e. The van der Waals surface area contributed by atoms with Crippen molar-refractivity contribution in [3.63, 3.8) is 0 Å². The second kappa shape index (κ2) is 10.8. The van der Waals surface area contributed by atoms with E-state index in [4.69, 9.17) is 11.6 Å². The van der Waals surface area contributed by atoms with Crippen LogP contribution in [0, 0.1) is 0 Å². The first-order valence-corrected chi connectivity index (χ1v) is 10.6. The minimum absolute atomic E-state index is 0.00535. The molecular formula is C22H20ClF9N2O2. The molecule has 2 rings (SSSR count). The lowest BCUT2D eigenvalue weighted by Gasteiger charge is -2.32. The summed E-state index contributed by atoms with van der Waals surface area (Å²) >= 11 is 6.06. The Morgan fingerprint density at radius 1 is 0.889 bits per heavy atom. The summed E-state index contributed by atoms with van der Waals surface area (Å²) in [5, 5.41) is 15.1. The predicted octanol–water partition coefficient (Wildman–Crippen LogP) is 6.66. The van der Waals surface area contributed by atoms with Crippen molar-refractivity contribution in [3.05, 3.63) is 63.7 Å². The van der Waals surface area contributed by atoms with E-state index >= 15 is 0 Å². The zero-order valence-corrected chi connectivity index (χ0v) is 19.2. The number of carbonyl (C=O) groups is 1. The van der Waals surface area contributed by atoms with Gasteiger partial charge in [-0.3, -0.25) is 4.79 Å². The largest absolute Gasteiger partial charge is 0.423 e. The van der Waals surface area contributed by atoms with E-state index in [1.54, 1.807) is 6.92 Å². The molecule has 0 radical (unpaired) electrons. The average molecular weight is 551 g/mol. The predicted molar refractivity (Wildman–Crippen MR) is 113 cm³/mol. The van der Waals surface area contributed by atoms with Crippen molar-refractivity contribution in [3.8, 4) is 0 Å². The zero-order chi connectivity index (χ0) is 27.5. The third-order valence-electron chi connectivity index (χ3n) is 5.09. The third-order valence-corrected chi connectivity index (χ3v) is 5.44. The smallest absolute Gasteiger partial charge is 0.381 e. The molecule has 3 N–H and O–H groups in total. The van der Waals surface area contributed by atoms with Crippen LogP contribution in [0.5, 0.6) is 0 Å². The van der Waals surface area contributed by atoms with Crippen molar-refractivity contribution in [2.45, 2.75) is 50.4 Å². The Labute approximate surface area is 204 Å². The summed E-state index contributed by atoms with van der Waals surface area (Å²) in [5.41, 5.74) is -9.51. The molecule has 0 bridgehead atoms. The van der Waals surface area contributed by atoms with E-state index in [9.17, 15) is 49.4 Å². The van der Waals surface area contributed by atoms with Crippen molar-refractivity contribution in [1.29, 1.82) is 0 Å². The van der Waals surface area contributed by atoms with Gasteiger partial charge in [-0.1, -0.05) is 24.6 Å². The number of hydrogen-bond donors (Lipinski definition) is 3. The Kier molecular flexibility index (Phi) is 8.83. The van der Waals surface area contributed by atoms with Crippen molar-refractivity contribution in [1.82, 2.24) is 5.32 Å². The van der Waals surface area contributed by atoms with Crippen molar-refractivity contribution < 1.29 is 49.4 Å². The maximum absolute atomic E-state index is 13.8. The first kappa shape index (κ1) is 29.6. The van der Waals surface area contributed by atoms with Crippen LogP contribution in [0.4, 0.5) is 45.2 Å². The van der Waals surface area contributed by atoms with E-state index in [0.717, 1.165) is 6.07 Å². The number of hydrogen-bond acceptors (Lipinski definition) is 3. The number of amides is 1. The van der Waals surface area contributed by atoms with Gasteiger partial charge in [0.05, 0.1) is 17.7 Å². The minimum atomic E-state index is -5.67. The number of anilines is 1. The molecule has 1 amide bonds. The van der Waals surface area contributed by atoms with Gasteiger partial charge in [0.1, 0.15) is 0 Å². The van der Waals surface area contributed by atoms with Crippen molar-refractivity contribution >= 4 is 23.2 Å². The van der Waals surface area contributed by atoms with Gasteiger partial charge in [0.2, 0.25) is 11.5 Å². The summed E-state index contributed by atoms with van der Waals surface area (Å²) in [6.07, 6.45) is -15.6. The monoisotopic (exact) mass is 550 g/mol. The van der Waals surface area contributed by atoms with Gasteiger partial charge in [0.25, 0.3) is 0 Å². The van der Waals surface area contributed by atoms with Crippen LogP contribution in [0.25, 0.3) is 0 Å². The Hall–Kier alpha value is -2.67. The third kappa shape index (κ3) is 7.19. The molecule has 0 saturated heterocycles. The van der Waals surface area contributed by atoms with Crippen LogP contribution in [0.15, 0.2) is 36.4 Å². The van der Waals surface area contributed by atoms with Crippen molar-refractivity contribution in [2.24, 2.45) is 0 Å². The highest BCUT2D eigenvalue weighted by molar-refractivity contribution is 6.31. The molecule has 0 aliphatic rings. The molecule has 0 heterocycles. The average Bonchev–Trinajstić information content (AvgIpc) is 2.74. The maximum Gasteiger partial charge on any atom is 0.423 e. The van der Waals surface area contributed by atoms with Crippen LogP contribution in [-0.4, -0.2) is 23.7 Å². The standard InChI is InChI=1S/C22H20ClF9N2O2/c1-2-3-18(35)33-10-12-4-5-16(9-17(12)23)34-11-19(36,22(30,31)32)13-6-14(20(24,25)26)8-15(7-13)21(27,28)29/h4-9,34,36H,2-3,10-11H2,1H3,(H,33,35)/t19-/m1/s1. The zero-order valence-electron chi connectivity index (χ0n) is 18.4. The Morgan fingerprint density at radius 2 is 1.42 bits per heavy atom. The number of benzene rings is 2. The fraction of sp³-hybridized carbons (Fsp3) is 0.409. The van der Waals surface area contributed by atoms with Crippen molar-refractivity contribution in [2.75, 3.05) is 11.9 Å². The van der Waals surface area contributed by atoms with Crippen LogP contribution in [-0.2, 0) is 29.3 Å². The second-order valence-corrected chi connectivity index (χ2v) is 8.25. The van der Waals surface area contributed by atoms with E-state index < -0.39 is 47.4 Å². The summed E-state index contributed by atoms with van der Waals surface area (Å²) in [6.45, 7) is 0.269. The summed E-state index contributed by atoms with van der Waals surface area (Å²) in [7, 11) is 0. The number of halogens is 10. The molecule has 1 atom stereocenters. The molecule has 2 aromatic rings. The van der Waals surface area contributed by atoms with E-state index in [-0.39, 0.29) is 47.8 Å². The molecular weight excluding hydrogens is 531 g/mol. The van der Waals surface area contributed by atoms with Crippen LogP contribution in [0.3, 0.4) is 0 Å². The molecule has 0 fully saturated rings. The molecule has 0 spiro atoms. The summed E-state index contributed by atoms with van der Waals surface area (Å²) < 4.78 is 120. The quantitative estimate of drug-likeness (QED) is 0.322. The summed E-state index contributed by atoms with van der Waals surface area (Å²) in [6, 6.07) is 2.99. The van der Waals surface area contributed by atoms with Crippen LogP contribution >= 0.6 is 11.6 Å². The fourth-order valence-electron chi connectivity index (χ4n) is 3.10. The number of rotatable bonds is 8. The van der Waals surface area contributed by atoms with Gasteiger partial charge in [-0.2, -0.15) is 39.5 Å². The van der Waals surface area contributed by atoms with E-state index in [0.29, 0.717) is 12.0 Å². The van der Waals surface area contributed by atoms with Gasteiger partial charge in [-0.15, -0.1) is 0 Å². The molecule has 200 valence electrons. The van der Waals surface area contributed by atoms with Crippen LogP contribution in [0.1, 0.15) is 42.0 Å². The first-order valence-electron chi connectivity index (χ1n) is 10.3. The van der Waals surface area contributed by atoms with Gasteiger partial charge < -0.3 is 15.7 Å². The topological polar surface area (TPSA) is 61.4 Å². The highest BCUT2D eigenvalue weighted by atomic mass is 35.5. The molecule has 4 nitrogen and oxygen atoms in total. The maximum atomic E-state index is 13.8. The van der Waals surface area contributed by atoms with E-state index in [1.807, 2.05) is 0 Å². The van der Waals surface area contributed by atoms with Crippen LogP contribution < -0.4 is 10.6 Å². The highest BCUT2D eigenvalue weighted by Crippen LogP contribution is 2.44. The van der Waals surface area contributed by atoms with Gasteiger partial charge in [0.15, 0.2) is 0 Å². The van der Waals surface area contributed by atoms with E-state index in [2.05, 4.69) is 10.6 Å². The number of alkyl halides is 9. The molecule has 14 heteroatoms. The molecule has 0 aromatic heterocycles. The van der Waals surface area contributed by atoms with Gasteiger partial charge in [-0.05, 0) is 47.9 Å². The SMILES string of the molecule is CCCC(=O)NCc1ccc(NC[C@@](O)(c2cc(C(F)(F)F)cc(C(F)(F)F)c2)C(F)(F)F)cc1Cl. The highest BCUT2D eigenvalue weighted by Gasteiger charge is 2.56. The normalized spacial score (nSPS) is 14.3. The molecule has 0 aliphatic carbocycles. The lowest BCUT2D eigenvalue weighted by atomic mass is 9.89. The van der Waals surface area contributed by atoms with E-state index in [1.165, 1.54) is 12.1 Å². The summed E-state index contributed by atoms with van der Waals surface area (Å²) in [4.78, 5) is 11.6. The molecule has 0 unspecified atom stereocenters. The Morgan fingerprint density at radius 3 is 1.86 bits per heavy atom. The van der Waals surface area contributed by atoms with Gasteiger partial charge in [0, 0.05) is 23.7 Å². The van der Waals surface area contributed by atoms with Crippen LogP contribution in [0.2, 0.25) is 5.02 Å². The molecule has 36 heavy (non-hydrogen) atoms. The molecule has 0 saturated carbocycles. The molecule has 2 aromatic carbocycles. The Bertz CT molecular complexity index is 1050. The van der Waals surface area contributed by atoms with Gasteiger partial charge >= 0.3 is 18.5 Å². The lowest BCUT2D eigenvalue weighted by Crippen LogP contribution is -2.48. The number of nitrogens with one attached hydrogen (secondary N) is 2. The summed E-state index contributed by atoms with van der Waals surface area (Å²) in [5.74, 6) is -0.259. The lowest BCUT2D eigenvalue weighted by molar-refractivity contribution is -0.261. The number of carbonyl (C=O) groups excluding carboxylic acids is 1. The fourth-order valence-corrected chi connectivity index (χ4v) is 3.35.